The predicted octanol–water partition coefficient (Wildman–Crippen LogP) is 3.14. The van der Waals surface area contributed by atoms with E-state index < -0.39 is 5.97 Å². The lowest BCUT2D eigenvalue weighted by Crippen LogP contribution is -2.05. The first-order chi connectivity index (χ1) is 9.15. The van der Waals surface area contributed by atoms with Crippen LogP contribution >= 0.6 is 31.9 Å². The Morgan fingerprint density at radius 1 is 1.37 bits per heavy atom. The molecule has 0 atom stereocenters. The summed E-state index contributed by atoms with van der Waals surface area (Å²) in [6.45, 7) is 2.07. The number of aromatic amines is 2. The number of carbonyl (C=O) groups is 1. The number of esters is 1. The average Bonchev–Trinajstić information content (AvgIpc) is 3.02. The van der Waals surface area contributed by atoms with E-state index in [-0.39, 0.29) is 0 Å². The third-order valence-electron chi connectivity index (χ3n) is 2.77. The molecule has 0 saturated heterocycles. The molecule has 0 saturated carbocycles. The maximum absolute atomic E-state index is 11.9. The second kappa shape index (κ2) is 4.61. The molecule has 0 aliphatic heterocycles. The molecule has 2 aromatic heterocycles. The first-order valence-corrected chi connectivity index (χ1v) is 7.09. The van der Waals surface area contributed by atoms with Crippen LogP contribution in [0.1, 0.15) is 17.4 Å². The van der Waals surface area contributed by atoms with Gasteiger partial charge in [0.1, 0.15) is 5.52 Å². The molecule has 0 unspecified atom stereocenters. The fourth-order valence-corrected chi connectivity index (χ4v) is 3.04. The lowest BCUT2D eigenvalue weighted by atomic mass is 10.1. The van der Waals surface area contributed by atoms with Gasteiger partial charge >= 0.3 is 5.97 Å². The topological polar surface area (TPSA) is 83.7 Å². The Balaban J connectivity index is 2.39. The smallest absolute Gasteiger partial charge is 0.357 e. The van der Waals surface area contributed by atoms with Gasteiger partial charge in [-0.1, -0.05) is 0 Å². The number of nitrogens with zero attached hydrogens (tertiary/aromatic N) is 2. The normalized spacial score (nSPS) is 11.3. The fourth-order valence-electron chi connectivity index (χ4n) is 1.95. The highest BCUT2D eigenvalue weighted by Crippen LogP contribution is 2.39. The van der Waals surface area contributed by atoms with Gasteiger partial charge in [0.25, 0.3) is 0 Å². The first-order valence-electron chi connectivity index (χ1n) is 5.50. The molecule has 0 aliphatic carbocycles. The number of ether oxygens (including phenoxy) is 1. The minimum atomic E-state index is -0.430. The minimum absolute atomic E-state index is 0.312. The van der Waals surface area contributed by atoms with Crippen molar-refractivity contribution in [2.24, 2.45) is 0 Å². The summed E-state index contributed by atoms with van der Waals surface area (Å²) in [6.07, 6.45) is 1.67. The highest BCUT2D eigenvalue weighted by atomic mass is 79.9. The van der Waals surface area contributed by atoms with Gasteiger partial charge < -0.3 is 4.74 Å². The summed E-state index contributed by atoms with van der Waals surface area (Å²) >= 11 is 6.95. The van der Waals surface area contributed by atoms with E-state index in [2.05, 4.69) is 52.3 Å². The molecule has 0 spiro atoms. The number of carbonyl (C=O) groups excluding carboxylic acids is 1. The van der Waals surface area contributed by atoms with E-state index in [0.717, 1.165) is 19.8 Å². The molecule has 8 heteroatoms. The van der Waals surface area contributed by atoms with Gasteiger partial charge in [0.2, 0.25) is 0 Å². The van der Waals surface area contributed by atoms with Crippen molar-refractivity contribution in [1.82, 2.24) is 20.4 Å². The first kappa shape index (κ1) is 12.6. The Morgan fingerprint density at radius 3 is 2.89 bits per heavy atom. The van der Waals surface area contributed by atoms with Crippen LogP contribution in [-0.2, 0) is 4.74 Å². The zero-order valence-electron chi connectivity index (χ0n) is 9.75. The molecule has 2 heterocycles. The van der Waals surface area contributed by atoms with Crippen LogP contribution < -0.4 is 0 Å². The molecule has 0 aliphatic rings. The van der Waals surface area contributed by atoms with Crippen molar-refractivity contribution < 1.29 is 9.53 Å². The van der Waals surface area contributed by atoms with Crippen LogP contribution in [0.25, 0.3) is 21.8 Å². The van der Waals surface area contributed by atoms with Gasteiger partial charge in [-0.15, -0.1) is 0 Å². The van der Waals surface area contributed by atoms with Gasteiger partial charge in [0, 0.05) is 9.86 Å². The average molecular weight is 388 g/mol. The van der Waals surface area contributed by atoms with Crippen LogP contribution in [0, 0.1) is 0 Å². The van der Waals surface area contributed by atoms with Gasteiger partial charge in [0.15, 0.2) is 5.69 Å². The van der Waals surface area contributed by atoms with Gasteiger partial charge in [-0.3, -0.25) is 10.2 Å². The number of hydrogen-bond acceptors (Lipinski definition) is 4. The molecule has 0 amide bonds. The van der Waals surface area contributed by atoms with Crippen LogP contribution in [0.5, 0.6) is 0 Å². The Hall–Kier alpha value is -1.41. The van der Waals surface area contributed by atoms with Crippen molar-refractivity contribution in [2.45, 2.75) is 6.92 Å². The second-order valence-electron chi connectivity index (χ2n) is 3.83. The van der Waals surface area contributed by atoms with Crippen LogP contribution in [-0.4, -0.2) is 33.0 Å². The summed E-state index contributed by atoms with van der Waals surface area (Å²) in [5, 5.41) is 15.3. The zero-order chi connectivity index (χ0) is 13.6. The number of hydrogen-bond donors (Lipinski definition) is 2. The highest BCUT2D eigenvalue weighted by Gasteiger charge is 2.22. The summed E-state index contributed by atoms with van der Waals surface area (Å²) in [6, 6.07) is 0. The Kier molecular flexibility index (Phi) is 3.06. The van der Waals surface area contributed by atoms with E-state index in [4.69, 9.17) is 4.74 Å². The Bertz CT molecular complexity index is 793. The van der Waals surface area contributed by atoms with E-state index in [1.54, 1.807) is 13.1 Å². The number of benzene rings is 1. The van der Waals surface area contributed by atoms with E-state index in [9.17, 15) is 4.79 Å². The predicted molar refractivity (Wildman–Crippen MR) is 77.1 cm³/mol. The lowest BCUT2D eigenvalue weighted by molar-refractivity contribution is 0.0521. The molecule has 19 heavy (non-hydrogen) atoms. The largest absolute Gasteiger partial charge is 0.461 e. The van der Waals surface area contributed by atoms with Crippen molar-refractivity contribution in [2.75, 3.05) is 6.61 Å². The van der Waals surface area contributed by atoms with E-state index in [1.807, 2.05) is 0 Å². The standard InChI is InChI=1S/C11H8Br2N4O2/c1-2-19-11(18)10-5-6(12)7(13)9-4(3-14-15-9)8(5)16-17-10/h3H,2H2,1H3,(H,14,15)(H,16,17). The SMILES string of the molecule is CCOC(=O)c1[nH]nc2c1c(Br)c(Br)c1[nH]ncc12. The Morgan fingerprint density at radius 2 is 2.16 bits per heavy atom. The number of fused-ring (bicyclic) bond motifs is 3. The molecule has 98 valence electrons. The highest BCUT2D eigenvalue weighted by molar-refractivity contribution is 9.13. The number of halogens is 2. The molecule has 0 bridgehead atoms. The number of nitrogens with one attached hydrogen (secondary N) is 2. The van der Waals surface area contributed by atoms with Crippen LogP contribution in [0.2, 0.25) is 0 Å². The third kappa shape index (κ3) is 1.78. The maximum atomic E-state index is 11.9. The summed E-state index contributed by atoms with van der Waals surface area (Å²) in [5.41, 5.74) is 1.82. The van der Waals surface area contributed by atoms with Crippen LogP contribution in [0.3, 0.4) is 0 Å². The molecule has 6 nitrogen and oxygen atoms in total. The summed E-state index contributed by atoms with van der Waals surface area (Å²) < 4.78 is 6.54. The molecular formula is C11H8Br2N4O2. The van der Waals surface area contributed by atoms with Crippen molar-refractivity contribution in [1.29, 1.82) is 0 Å². The molecular weight excluding hydrogens is 380 g/mol. The summed E-state index contributed by atoms with van der Waals surface area (Å²) in [4.78, 5) is 11.9. The third-order valence-corrected chi connectivity index (χ3v) is 4.89. The molecule has 3 rings (SSSR count). The van der Waals surface area contributed by atoms with Crippen molar-refractivity contribution in [3.8, 4) is 0 Å². The molecule has 1 aromatic carbocycles. The second-order valence-corrected chi connectivity index (χ2v) is 5.42. The summed E-state index contributed by atoms with van der Waals surface area (Å²) in [5.74, 6) is -0.430. The minimum Gasteiger partial charge on any atom is -0.461 e. The van der Waals surface area contributed by atoms with Crippen molar-refractivity contribution >= 4 is 59.6 Å². The van der Waals surface area contributed by atoms with Gasteiger partial charge in [-0.05, 0) is 38.8 Å². The monoisotopic (exact) mass is 386 g/mol. The zero-order valence-corrected chi connectivity index (χ0v) is 12.9. The lowest BCUT2D eigenvalue weighted by Gasteiger charge is -2.03. The van der Waals surface area contributed by atoms with Crippen molar-refractivity contribution in [3.63, 3.8) is 0 Å². The number of aromatic nitrogens is 4. The molecule has 2 N–H and O–H groups in total. The van der Waals surface area contributed by atoms with E-state index in [0.29, 0.717) is 23.2 Å². The summed E-state index contributed by atoms with van der Waals surface area (Å²) in [7, 11) is 0. The van der Waals surface area contributed by atoms with Crippen molar-refractivity contribution in [3.05, 3.63) is 20.8 Å². The van der Waals surface area contributed by atoms with Crippen LogP contribution in [0.15, 0.2) is 15.1 Å². The Labute approximate surface area is 124 Å². The van der Waals surface area contributed by atoms with Gasteiger partial charge in [0.05, 0.1) is 28.2 Å². The molecule has 3 aromatic rings. The number of H-pyrrole nitrogens is 2. The van der Waals surface area contributed by atoms with E-state index in [1.165, 1.54) is 0 Å². The maximum Gasteiger partial charge on any atom is 0.357 e. The van der Waals surface area contributed by atoms with Crippen LogP contribution in [0.4, 0.5) is 0 Å². The van der Waals surface area contributed by atoms with E-state index >= 15 is 0 Å². The van der Waals surface area contributed by atoms with Gasteiger partial charge in [-0.2, -0.15) is 10.2 Å². The fraction of sp³-hybridized carbons (Fsp3) is 0.182. The molecule has 0 fully saturated rings. The number of rotatable bonds is 2. The van der Waals surface area contributed by atoms with Gasteiger partial charge in [-0.25, -0.2) is 4.79 Å². The quantitative estimate of drug-likeness (QED) is 0.661. The molecule has 0 radical (unpaired) electrons.